The second-order valence-corrected chi connectivity index (χ2v) is 6.73. The summed E-state index contributed by atoms with van der Waals surface area (Å²) in [6.07, 6.45) is 6.90. The molecule has 1 atom stereocenters. The van der Waals surface area contributed by atoms with E-state index in [9.17, 15) is 0 Å². The maximum absolute atomic E-state index is 6.45. The van der Waals surface area contributed by atoms with Gasteiger partial charge < -0.3 is 10.1 Å². The molecule has 118 valence electrons. The second kappa shape index (κ2) is 7.82. The molecule has 0 spiro atoms. The van der Waals surface area contributed by atoms with E-state index in [1.54, 1.807) is 0 Å². The average molecular weight is 330 g/mol. The Morgan fingerprint density at radius 2 is 1.95 bits per heavy atom. The van der Waals surface area contributed by atoms with Crippen LogP contribution in [-0.4, -0.2) is 19.3 Å². The van der Waals surface area contributed by atoms with Crippen LogP contribution in [0.1, 0.15) is 57.1 Å². The monoisotopic (exact) mass is 329 g/mol. The molecule has 0 amide bonds. The Bertz CT molecular complexity index is 458. The average Bonchev–Trinajstić information content (AvgIpc) is 2.51. The summed E-state index contributed by atoms with van der Waals surface area (Å²) in [6, 6.07) is 5.79. The SMILES string of the molecule is CCCNC(c1cc(Cl)ccc1Cl)C1(OC)CCCCC1. The molecule has 21 heavy (non-hydrogen) atoms. The lowest BCUT2D eigenvalue weighted by atomic mass is 9.76. The molecule has 1 unspecified atom stereocenters. The fourth-order valence-corrected chi connectivity index (χ4v) is 3.77. The summed E-state index contributed by atoms with van der Waals surface area (Å²) in [5.41, 5.74) is 0.878. The molecule has 0 radical (unpaired) electrons. The number of rotatable bonds is 6. The van der Waals surface area contributed by atoms with Gasteiger partial charge >= 0.3 is 0 Å². The van der Waals surface area contributed by atoms with Crippen molar-refractivity contribution in [3.05, 3.63) is 33.8 Å². The van der Waals surface area contributed by atoms with Gasteiger partial charge in [0.25, 0.3) is 0 Å². The van der Waals surface area contributed by atoms with Crippen molar-refractivity contribution in [1.82, 2.24) is 5.32 Å². The highest BCUT2D eigenvalue weighted by molar-refractivity contribution is 6.33. The van der Waals surface area contributed by atoms with E-state index in [1.807, 2.05) is 25.3 Å². The number of nitrogens with one attached hydrogen (secondary N) is 1. The van der Waals surface area contributed by atoms with Gasteiger partial charge in [-0.15, -0.1) is 0 Å². The summed E-state index contributed by atoms with van der Waals surface area (Å²) < 4.78 is 6.02. The molecule has 1 aliphatic rings. The van der Waals surface area contributed by atoms with Gasteiger partial charge in [-0.3, -0.25) is 0 Å². The van der Waals surface area contributed by atoms with Gasteiger partial charge in [-0.2, -0.15) is 0 Å². The lowest BCUT2D eigenvalue weighted by molar-refractivity contribution is -0.0687. The van der Waals surface area contributed by atoms with Crippen molar-refractivity contribution in [1.29, 1.82) is 0 Å². The molecule has 2 rings (SSSR count). The zero-order valence-corrected chi connectivity index (χ0v) is 14.4. The first-order valence-corrected chi connectivity index (χ1v) is 8.62. The molecule has 0 aliphatic heterocycles. The van der Waals surface area contributed by atoms with Gasteiger partial charge in [-0.05, 0) is 49.6 Å². The van der Waals surface area contributed by atoms with Crippen LogP contribution in [0.2, 0.25) is 10.0 Å². The first-order valence-electron chi connectivity index (χ1n) is 7.86. The van der Waals surface area contributed by atoms with Gasteiger partial charge in [0.1, 0.15) is 0 Å². The number of hydrogen-bond acceptors (Lipinski definition) is 2. The maximum Gasteiger partial charge on any atom is 0.0873 e. The molecule has 1 saturated carbocycles. The van der Waals surface area contributed by atoms with E-state index < -0.39 is 0 Å². The normalized spacial score (nSPS) is 19.4. The van der Waals surface area contributed by atoms with Gasteiger partial charge in [0.05, 0.1) is 11.6 Å². The summed E-state index contributed by atoms with van der Waals surface area (Å²) in [7, 11) is 1.82. The van der Waals surface area contributed by atoms with Crippen LogP contribution < -0.4 is 5.32 Å². The first kappa shape index (κ1) is 17.1. The van der Waals surface area contributed by atoms with E-state index in [2.05, 4.69) is 12.2 Å². The van der Waals surface area contributed by atoms with E-state index in [0.29, 0.717) is 0 Å². The largest absolute Gasteiger partial charge is 0.376 e. The lowest BCUT2D eigenvalue weighted by Gasteiger charge is -2.43. The molecule has 0 heterocycles. The van der Waals surface area contributed by atoms with Crippen LogP contribution in [0.15, 0.2) is 18.2 Å². The molecule has 1 aliphatic carbocycles. The van der Waals surface area contributed by atoms with E-state index >= 15 is 0 Å². The molecule has 0 saturated heterocycles. The van der Waals surface area contributed by atoms with Crippen LogP contribution >= 0.6 is 23.2 Å². The van der Waals surface area contributed by atoms with Crippen LogP contribution in [0.4, 0.5) is 0 Å². The zero-order chi connectivity index (χ0) is 15.3. The number of hydrogen-bond donors (Lipinski definition) is 1. The van der Waals surface area contributed by atoms with Crippen molar-refractivity contribution in [2.24, 2.45) is 0 Å². The highest BCUT2D eigenvalue weighted by Gasteiger charge is 2.41. The molecule has 1 N–H and O–H groups in total. The third-order valence-electron chi connectivity index (χ3n) is 4.50. The van der Waals surface area contributed by atoms with Crippen LogP contribution in [0.5, 0.6) is 0 Å². The molecule has 4 heteroatoms. The minimum atomic E-state index is -0.179. The predicted octanol–water partition coefficient (Wildman–Crippen LogP) is 5.38. The van der Waals surface area contributed by atoms with Gasteiger partial charge in [0.15, 0.2) is 0 Å². The third-order valence-corrected chi connectivity index (χ3v) is 5.08. The minimum Gasteiger partial charge on any atom is -0.376 e. The summed E-state index contributed by atoms with van der Waals surface area (Å²) in [4.78, 5) is 0. The standard InChI is InChI=1S/C17H25Cl2NO/c1-3-11-20-16(14-12-13(18)7-8-15(14)19)17(21-2)9-5-4-6-10-17/h7-8,12,16,20H,3-6,9-11H2,1-2H3. The summed E-state index contributed by atoms with van der Waals surface area (Å²) in [5, 5.41) is 5.13. The maximum atomic E-state index is 6.45. The number of benzene rings is 1. The van der Waals surface area contributed by atoms with Crippen molar-refractivity contribution in [2.75, 3.05) is 13.7 Å². The van der Waals surface area contributed by atoms with Crippen molar-refractivity contribution in [3.8, 4) is 0 Å². The summed E-state index contributed by atoms with van der Waals surface area (Å²) in [5.74, 6) is 0. The Labute approximate surface area is 138 Å². The number of methoxy groups -OCH3 is 1. The third kappa shape index (κ3) is 3.92. The van der Waals surface area contributed by atoms with Gasteiger partial charge in [-0.1, -0.05) is 49.4 Å². The quantitative estimate of drug-likeness (QED) is 0.756. The molecular weight excluding hydrogens is 305 g/mol. The topological polar surface area (TPSA) is 21.3 Å². The molecule has 1 aromatic rings. The first-order chi connectivity index (χ1) is 10.1. The predicted molar refractivity (Wildman–Crippen MR) is 90.3 cm³/mol. The van der Waals surface area contributed by atoms with Crippen molar-refractivity contribution in [3.63, 3.8) is 0 Å². The van der Waals surface area contributed by atoms with Gasteiger partial charge in [-0.25, -0.2) is 0 Å². The highest BCUT2D eigenvalue weighted by Crippen LogP contribution is 2.43. The highest BCUT2D eigenvalue weighted by atomic mass is 35.5. The Balaban J connectivity index is 2.38. The smallest absolute Gasteiger partial charge is 0.0873 e. The van der Waals surface area contributed by atoms with E-state index in [0.717, 1.165) is 41.4 Å². The molecule has 1 fully saturated rings. The summed E-state index contributed by atoms with van der Waals surface area (Å²) in [6.45, 7) is 3.11. The van der Waals surface area contributed by atoms with E-state index in [1.165, 1.54) is 19.3 Å². The Kier molecular flexibility index (Phi) is 6.36. The van der Waals surface area contributed by atoms with Crippen LogP contribution in [0, 0.1) is 0 Å². The fraction of sp³-hybridized carbons (Fsp3) is 0.647. The zero-order valence-electron chi connectivity index (χ0n) is 12.9. The number of ether oxygens (including phenoxy) is 1. The van der Waals surface area contributed by atoms with Crippen molar-refractivity contribution in [2.45, 2.75) is 57.1 Å². The molecule has 2 nitrogen and oxygen atoms in total. The minimum absolute atomic E-state index is 0.0916. The van der Waals surface area contributed by atoms with Crippen molar-refractivity contribution < 1.29 is 4.74 Å². The summed E-state index contributed by atoms with van der Waals surface area (Å²) >= 11 is 12.6. The van der Waals surface area contributed by atoms with Crippen molar-refractivity contribution >= 4 is 23.2 Å². The van der Waals surface area contributed by atoms with Gasteiger partial charge in [0, 0.05) is 17.2 Å². The second-order valence-electron chi connectivity index (χ2n) is 5.88. The van der Waals surface area contributed by atoms with Crippen LogP contribution in [0.25, 0.3) is 0 Å². The molecule has 0 aromatic heterocycles. The Morgan fingerprint density at radius 3 is 2.57 bits per heavy atom. The Morgan fingerprint density at radius 1 is 1.24 bits per heavy atom. The Hall–Kier alpha value is -0.280. The number of halogens is 2. The van der Waals surface area contributed by atoms with Gasteiger partial charge in [0.2, 0.25) is 0 Å². The van der Waals surface area contributed by atoms with E-state index in [-0.39, 0.29) is 11.6 Å². The molecule has 0 bridgehead atoms. The molecular formula is C17H25Cl2NO. The molecule has 1 aromatic carbocycles. The van der Waals surface area contributed by atoms with Crippen LogP contribution in [0.3, 0.4) is 0 Å². The lowest BCUT2D eigenvalue weighted by Crippen LogP contribution is -2.47. The fourth-order valence-electron chi connectivity index (χ4n) is 3.36. The van der Waals surface area contributed by atoms with E-state index in [4.69, 9.17) is 27.9 Å². The van der Waals surface area contributed by atoms with Crippen LogP contribution in [-0.2, 0) is 4.74 Å².